The van der Waals surface area contributed by atoms with Crippen molar-refractivity contribution in [3.05, 3.63) is 101 Å². The molecule has 1 amide bonds. The predicted octanol–water partition coefficient (Wildman–Crippen LogP) is 5.96. The molecule has 0 saturated carbocycles. The van der Waals surface area contributed by atoms with Gasteiger partial charge in [-0.2, -0.15) is 18.3 Å². The van der Waals surface area contributed by atoms with Crippen molar-refractivity contribution in [2.75, 3.05) is 5.32 Å². The fraction of sp³-hybridized carbons (Fsp3) is 0.0417. The second-order valence-electron chi connectivity index (χ2n) is 7.64. The minimum Gasteiger partial charge on any atom is -0.463 e. The first kappa shape index (κ1) is 23.5. The van der Waals surface area contributed by atoms with Crippen molar-refractivity contribution in [1.82, 2.24) is 14.6 Å². The number of fused-ring (bicyclic) bond motifs is 1. The number of hydrogen-bond acceptors (Lipinski definition) is 7. The number of rotatable bonds is 6. The molecule has 0 fully saturated rings. The lowest BCUT2D eigenvalue weighted by Gasteiger charge is -2.10. The third-order valence-corrected chi connectivity index (χ3v) is 5.06. The fourth-order valence-corrected chi connectivity index (χ4v) is 3.48. The molecule has 10 nitrogen and oxygen atoms in total. The molecule has 5 rings (SSSR count). The monoisotopic (exact) mass is 509 g/mol. The molecule has 0 saturated heterocycles. The highest BCUT2D eigenvalue weighted by Gasteiger charge is 2.36. The molecule has 3 heterocycles. The van der Waals surface area contributed by atoms with E-state index >= 15 is 0 Å². The van der Waals surface area contributed by atoms with Crippen molar-refractivity contribution in [3.63, 3.8) is 0 Å². The Kier molecular flexibility index (Phi) is 5.79. The number of alkyl halides is 3. The number of anilines is 1. The summed E-state index contributed by atoms with van der Waals surface area (Å²) in [5.41, 5.74) is -2.31. The van der Waals surface area contributed by atoms with Crippen LogP contribution in [-0.2, 0) is 6.18 Å². The molecule has 0 bridgehead atoms. The minimum absolute atomic E-state index is 0.0255. The predicted molar refractivity (Wildman–Crippen MR) is 123 cm³/mol. The van der Waals surface area contributed by atoms with E-state index in [1.807, 2.05) is 0 Å². The van der Waals surface area contributed by atoms with Crippen LogP contribution in [0.1, 0.15) is 16.2 Å². The number of furan rings is 1. The number of aromatic nitrogens is 3. The van der Waals surface area contributed by atoms with Gasteiger partial charge in [-0.15, -0.1) is 0 Å². The van der Waals surface area contributed by atoms with Crippen molar-refractivity contribution in [2.24, 2.45) is 0 Å². The van der Waals surface area contributed by atoms with Gasteiger partial charge < -0.3 is 14.5 Å². The number of ether oxygens (including phenoxy) is 1. The van der Waals surface area contributed by atoms with Crippen LogP contribution in [-0.4, -0.2) is 25.4 Å². The molecule has 0 radical (unpaired) electrons. The molecular weight excluding hydrogens is 495 g/mol. The standard InChI is InChI=1S/C24H14F3N5O5/c25-24(26,27)21-12-18(20-7-4-8-36-20)29-22-13-19(30-31(21)22)23(33)28-14-9-15(32(34)35)11-17(10-14)37-16-5-2-1-3-6-16/h1-13H,(H,28,33). The van der Waals surface area contributed by atoms with E-state index in [2.05, 4.69) is 15.4 Å². The summed E-state index contributed by atoms with van der Waals surface area (Å²) < 4.78 is 52.5. The molecule has 0 aliphatic heterocycles. The summed E-state index contributed by atoms with van der Waals surface area (Å²) in [6, 6.07) is 16.8. The van der Waals surface area contributed by atoms with Gasteiger partial charge >= 0.3 is 6.18 Å². The average Bonchev–Trinajstić information content (AvgIpc) is 3.53. The van der Waals surface area contributed by atoms with Crippen molar-refractivity contribution in [1.29, 1.82) is 0 Å². The van der Waals surface area contributed by atoms with Gasteiger partial charge in [-0.25, -0.2) is 9.50 Å². The van der Waals surface area contributed by atoms with E-state index in [-0.39, 0.29) is 34.2 Å². The van der Waals surface area contributed by atoms with E-state index in [0.717, 1.165) is 18.2 Å². The molecule has 0 spiro atoms. The summed E-state index contributed by atoms with van der Waals surface area (Å²) in [5, 5.41) is 17.6. The molecule has 13 heteroatoms. The zero-order chi connectivity index (χ0) is 26.2. The second kappa shape index (κ2) is 9.11. The van der Waals surface area contributed by atoms with Crippen LogP contribution in [0.3, 0.4) is 0 Å². The van der Waals surface area contributed by atoms with E-state index in [1.54, 1.807) is 30.3 Å². The molecule has 186 valence electrons. The SMILES string of the molecule is O=C(Nc1cc(Oc2ccccc2)cc([N+](=O)[O-])c1)c1cc2nc(-c3ccco3)cc(C(F)(F)F)n2n1. The van der Waals surface area contributed by atoms with Crippen molar-refractivity contribution < 1.29 is 32.0 Å². The zero-order valence-corrected chi connectivity index (χ0v) is 18.5. The highest BCUT2D eigenvalue weighted by molar-refractivity contribution is 6.03. The average molecular weight is 509 g/mol. The summed E-state index contributed by atoms with van der Waals surface area (Å²) in [7, 11) is 0. The summed E-state index contributed by atoms with van der Waals surface area (Å²) >= 11 is 0. The number of nitro benzene ring substituents is 1. The number of non-ortho nitro benzene ring substituents is 1. The van der Waals surface area contributed by atoms with Crippen LogP contribution in [0.25, 0.3) is 17.1 Å². The number of hydrogen-bond donors (Lipinski definition) is 1. The van der Waals surface area contributed by atoms with Crippen LogP contribution in [0.4, 0.5) is 24.5 Å². The Morgan fingerprint density at radius 3 is 2.49 bits per heavy atom. The van der Waals surface area contributed by atoms with Crippen LogP contribution in [0.2, 0.25) is 0 Å². The quantitative estimate of drug-likeness (QED) is 0.221. The second-order valence-corrected chi connectivity index (χ2v) is 7.64. The molecule has 3 aromatic heterocycles. The molecular formula is C24H14F3N5O5. The summed E-state index contributed by atoms with van der Waals surface area (Å²) in [5.74, 6) is -0.347. The minimum atomic E-state index is -4.81. The van der Waals surface area contributed by atoms with Crippen LogP contribution in [0.15, 0.2) is 83.5 Å². The number of carbonyl (C=O) groups is 1. The molecule has 0 aliphatic carbocycles. The zero-order valence-electron chi connectivity index (χ0n) is 18.5. The molecule has 37 heavy (non-hydrogen) atoms. The van der Waals surface area contributed by atoms with Gasteiger partial charge in [0.1, 0.15) is 17.2 Å². The van der Waals surface area contributed by atoms with Gasteiger partial charge in [0, 0.05) is 18.2 Å². The summed E-state index contributed by atoms with van der Waals surface area (Å²) in [6.07, 6.45) is -3.52. The van der Waals surface area contributed by atoms with E-state index in [1.165, 1.54) is 30.5 Å². The number of nitro groups is 1. The first-order valence-corrected chi connectivity index (χ1v) is 10.5. The summed E-state index contributed by atoms with van der Waals surface area (Å²) in [4.78, 5) is 27.7. The lowest BCUT2D eigenvalue weighted by atomic mass is 10.2. The largest absolute Gasteiger partial charge is 0.463 e. The van der Waals surface area contributed by atoms with Crippen molar-refractivity contribution in [3.8, 4) is 23.0 Å². The number of amides is 1. The number of nitrogens with zero attached hydrogens (tertiary/aromatic N) is 4. The summed E-state index contributed by atoms with van der Waals surface area (Å²) in [6.45, 7) is 0. The maximum Gasteiger partial charge on any atom is 0.433 e. The maximum absolute atomic E-state index is 13.7. The molecule has 0 atom stereocenters. The lowest BCUT2D eigenvalue weighted by Crippen LogP contribution is -2.15. The van der Waals surface area contributed by atoms with Crippen LogP contribution >= 0.6 is 0 Å². The Morgan fingerprint density at radius 1 is 1.03 bits per heavy atom. The molecule has 0 unspecified atom stereocenters. The number of halogens is 3. The highest BCUT2D eigenvalue weighted by atomic mass is 19.4. The maximum atomic E-state index is 13.7. The van der Waals surface area contributed by atoms with Gasteiger partial charge in [0.25, 0.3) is 11.6 Å². The van der Waals surface area contributed by atoms with Crippen molar-refractivity contribution in [2.45, 2.75) is 6.18 Å². The number of para-hydroxylation sites is 1. The Labute approximate surface area is 205 Å². The molecule has 0 aliphatic rings. The van der Waals surface area contributed by atoms with Gasteiger partial charge in [-0.05, 0) is 30.3 Å². The van der Waals surface area contributed by atoms with Crippen LogP contribution in [0.5, 0.6) is 11.5 Å². The smallest absolute Gasteiger partial charge is 0.433 e. The topological polar surface area (TPSA) is 125 Å². The van der Waals surface area contributed by atoms with Gasteiger partial charge in [-0.1, -0.05) is 18.2 Å². The molecule has 1 N–H and O–H groups in total. The Bertz CT molecular complexity index is 1620. The Morgan fingerprint density at radius 2 is 1.81 bits per heavy atom. The Hall–Kier alpha value is -5.20. The normalized spacial score (nSPS) is 11.4. The Balaban J connectivity index is 1.49. The van der Waals surface area contributed by atoms with Gasteiger partial charge in [0.15, 0.2) is 22.8 Å². The third kappa shape index (κ3) is 4.96. The number of benzene rings is 2. The molecule has 5 aromatic rings. The first-order valence-electron chi connectivity index (χ1n) is 10.5. The lowest BCUT2D eigenvalue weighted by molar-refractivity contribution is -0.384. The van der Waals surface area contributed by atoms with Gasteiger partial charge in [0.05, 0.1) is 22.9 Å². The first-order chi connectivity index (χ1) is 17.7. The van der Waals surface area contributed by atoms with E-state index in [9.17, 15) is 28.1 Å². The van der Waals surface area contributed by atoms with E-state index in [4.69, 9.17) is 9.15 Å². The molecule has 2 aromatic carbocycles. The van der Waals surface area contributed by atoms with Gasteiger partial charge in [0.2, 0.25) is 0 Å². The number of nitrogens with one attached hydrogen (secondary N) is 1. The number of carbonyl (C=O) groups excluding carboxylic acids is 1. The van der Waals surface area contributed by atoms with E-state index in [0.29, 0.717) is 10.3 Å². The van der Waals surface area contributed by atoms with Crippen LogP contribution in [0, 0.1) is 10.1 Å². The van der Waals surface area contributed by atoms with E-state index < -0.39 is 28.4 Å². The van der Waals surface area contributed by atoms with Crippen molar-refractivity contribution >= 4 is 22.9 Å². The van der Waals surface area contributed by atoms with Crippen LogP contribution < -0.4 is 10.1 Å². The fourth-order valence-electron chi connectivity index (χ4n) is 3.48. The highest BCUT2D eigenvalue weighted by Crippen LogP contribution is 2.33. The van der Waals surface area contributed by atoms with Gasteiger partial charge in [-0.3, -0.25) is 14.9 Å². The third-order valence-electron chi connectivity index (χ3n) is 5.06.